The van der Waals surface area contributed by atoms with Crippen LogP contribution in [0.2, 0.25) is 0 Å². The number of pyridine rings is 1. The monoisotopic (exact) mass is 313 g/mol. The summed E-state index contributed by atoms with van der Waals surface area (Å²) >= 11 is 0. The van der Waals surface area contributed by atoms with E-state index in [2.05, 4.69) is 4.98 Å². The van der Waals surface area contributed by atoms with E-state index in [0.29, 0.717) is 44.7 Å². The van der Waals surface area contributed by atoms with Crippen molar-refractivity contribution in [3.63, 3.8) is 0 Å². The Balaban J connectivity index is 1.50. The van der Waals surface area contributed by atoms with Crippen molar-refractivity contribution in [3.05, 3.63) is 60.2 Å². The second-order valence-electron chi connectivity index (χ2n) is 5.64. The average Bonchev–Trinajstić information content (AvgIpc) is 2.61. The number of aromatic nitrogens is 1. The molecule has 1 aliphatic rings. The van der Waals surface area contributed by atoms with E-state index in [9.17, 15) is 9.18 Å². The quantitative estimate of drug-likeness (QED) is 0.870. The standard InChI is InChI=1S/C18H20FN3O/c19-16-6-1-2-7-17(16)21-11-13-22(14-12-21)18(23)9-8-15-5-3-4-10-20-15/h1-7,10H,8-9,11-14H2. The highest BCUT2D eigenvalue weighted by molar-refractivity contribution is 5.76. The number of para-hydroxylation sites is 1. The van der Waals surface area contributed by atoms with E-state index in [4.69, 9.17) is 0 Å². The van der Waals surface area contributed by atoms with Crippen molar-refractivity contribution in [3.8, 4) is 0 Å². The number of carbonyl (C=O) groups excluding carboxylic acids is 1. The van der Waals surface area contributed by atoms with E-state index in [1.807, 2.05) is 34.1 Å². The highest BCUT2D eigenvalue weighted by Crippen LogP contribution is 2.20. The van der Waals surface area contributed by atoms with Crippen molar-refractivity contribution in [1.29, 1.82) is 0 Å². The molecule has 1 aromatic heterocycles. The summed E-state index contributed by atoms with van der Waals surface area (Å²) in [6, 6.07) is 12.5. The Morgan fingerprint density at radius 2 is 1.78 bits per heavy atom. The van der Waals surface area contributed by atoms with Gasteiger partial charge in [0, 0.05) is 44.5 Å². The molecular weight excluding hydrogens is 293 g/mol. The van der Waals surface area contributed by atoms with Gasteiger partial charge in [0.05, 0.1) is 5.69 Å². The van der Waals surface area contributed by atoms with Gasteiger partial charge < -0.3 is 9.80 Å². The number of piperazine rings is 1. The predicted octanol–water partition coefficient (Wildman–Crippen LogP) is 2.50. The van der Waals surface area contributed by atoms with Gasteiger partial charge in [-0.2, -0.15) is 0 Å². The van der Waals surface area contributed by atoms with Gasteiger partial charge in [-0.15, -0.1) is 0 Å². The molecule has 5 heteroatoms. The molecule has 0 spiro atoms. The summed E-state index contributed by atoms with van der Waals surface area (Å²) in [5, 5.41) is 0. The second kappa shape index (κ2) is 7.22. The molecule has 1 aromatic carbocycles. The summed E-state index contributed by atoms with van der Waals surface area (Å²) in [4.78, 5) is 20.4. The van der Waals surface area contributed by atoms with Crippen LogP contribution in [0, 0.1) is 5.82 Å². The normalized spacial score (nSPS) is 14.8. The SMILES string of the molecule is O=C(CCc1ccccn1)N1CCN(c2ccccc2F)CC1. The topological polar surface area (TPSA) is 36.4 Å². The van der Waals surface area contributed by atoms with Crippen LogP contribution in [0.1, 0.15) is 12.1 Å². The third-order valence-electron chi connectivity index (χ3n) is 4.15. The summed E-state index contributed by atoms with van der Waals surface area (Å²) in [6.45, 7) is 2.59. The zero-order chi connectivity index (χ0) is 16.1. The number of hydrogen-bond donors (Lipinski definition) is 0. The highest BCUT2D eigenvalue weighted by atomic mass is 19.1. The van der Waals surface area contributed by atoms with Gasteiger partial charge in [-0.25, -0.2) is 4.39 Å². The first kappa shape index (κ1) is 15.5. The Hall–Kier alpha value is -2.43. The Kier molecular flexibility index (Phi) is 4.86. The molecule has 3 rings (SSSR count). The number of amides is 1. The first-order chi connectivity index (χ1) is 11.2. The number of rotatable bonds is 4. The van der Waals surface area contributed by atoms with E-state index in [1.165, 1.54) is 6.07 Å². The molecule has 1 fully saturated rings. The molecule has 4 nitrogen and oxygen atoms in total. The fourth-order valence-electron chi connectivity index (χ4n) is 2.84. The summed E-state index contributed by atoms with van der Waals surface area (Å²) in [5.41, 5.74) is 1.55. The summed E-state index contributed by atoms with van der Waals surface area (Å²) in [6.07, 6.45) is 2.87. The van der Waals surface area contributed by atoms with Gasteiger partial charge in [-0.3, -0.25) is 9.78 Å². The molecule has 0 saturated carbocycles. The molecule has 2 aromatic rings. The minimum atomic E-state index is -0.206. The smallest absolute Gasteiger partial charge is 0.223 e. The molecule has 23 heavy (non-hydrogen) atoms. The van der Waals surface area contributed by atoms with Crippen molar-refractivity contribution < 1.29 is 9.18 Å². The fraction of sp³-hybridized carbons (Fsp3) is 0.333. The van der Waals surface area contributed by atoms with Crippen molar-refractivity contribution in [1.82, 2.24) is 9.88 Å². The van der Waals surface area contributed by atoms with Crippen LogP contribution in [0.4, 0.5) is 10.1 Å². The molecule has 0 atom stereocenters. The van der Waals surface area contributed by atoms with Gasteiger partial charge in [0.1, 0.15) is 5.82 Å². The van der Waals surface area contributed by atoms with Crippen LogP contribution in [0.15, 0.2) is 48.7 Å². The molecule has 1 saturated heterocycles. The van der Waals surface area contributed by atoms with Crippen LogP contribution >= 0.6 is 0 Å². The van der Waals surface area contributed by atoms with Gasteiger partial charge in [-0.1, -0.05) is 18.2 Å². The van der Waals surface area contributed by atoms with Crippen LogP contribution in [-0.2, 0) is 11.2 Å². The Bertz CT molecular complexity index is 654. The summed E-state index contributed by atoms with van der Waals surface area (Å²) < 4.78 is 13.8. The van der Waals surface area contributed by atoms with Gasteiger partial charge in [0.15, 0.2) is 0 Å². The van der Waals surface area contributed by atoms with Crippen LogP contribution in [-0.4, -0.2) is 42.0 Å². The third kappa shape index (κ3) is 3.86. The number of hydrogen-bond acceptors (Lipinski definition) is 3. The van der Waals surface area contributed by atoms with Crippen molar-refractivity contribution in [2.75, 3.05) is 31.1 Å². The van der Waals surface area contributed by atoms with Crippen LogP contribution in [0.5, 0.6) is 0 Å². The molecule has 0 radical (unpaired) electrons. The Morgan fingerprint density at radius 3 is 2.48 bits per heavy atom. The minimum absolute atomic E-state index is 0.142. The molecule has 0 N–H and O–H groups in total. The highest BCUT2D eigenvalue weighted by Gasteiger charge is 2.22. The first-order valence-corrected chi connectivity index (χ1v) is 7.91. The number of benzene rings is 1. The first-order valence-electron chi connectivity index (χ1n) is 7.91. The lowest BCUT2D eigenvalue weighted by Gasteiger charge is -2.36. The van der Waals surface area contributed by atoms with E-state index in [-0.39, 0.29) is 11.7 Å². The van der Waals surface area contributed by atoms with E-state index in [1.54, 1.807) is 18.3 Å². The fourth-order valence-corrected chi connectivity index (χ4v) is 2.84. The molecule has 2 heterocycles. The summed E-state index contributed by atoms with van der Waals surface area (Å²) in [7, 11) is 0. The second-order valence-corrected chi connectivity index (χ2v) is 5.64. The van der Waals surface area contributed by atoms with Crippen molar-refractivity contribution in [2.45, 2.75) is 12.8 Å². The predicted molar refractivity (Wildman–Crippen MR) is 87.8 cm³/mol. The number of anilines is 1. The maximum Gasteiger partial charge on any atom is 0.223 e. The van der Waals surface area contributed by atoms with E-state index in [0.717, 1.165) is 5.69 Å². The lowest BCUT2D eigenvalue weighted by molar-refractivity contribution is -0.131. The van der Waals surface area contributed by atoms with Crippen LogP contribution < -0.4 is 4.90 Å². The van der Waals surface area contributed by atoms with E-state index < -0.39 is 0 Å². The number of carbonyl (C=O) groups is 1. The lowest BCUT2D eigenvalue weighted by Crippen LogP contribution is -2.49. The zero-order valence-electron chi connectivity index (χ0n) is 13.0. The zero-order valence-corrected chi connectivity index (χ0v) is 13.0. The van der Waals surface area contributed by atoms with Crippen LogP contribution in [0.25, 0.3) is 0 Å². The Labute approximate surface area is 135 Å². The molecule has 0 aliphatic carbocycles. The Morgan fingerprint density at radius 1 is 1.04 bits per heavy atom. The average molecular weight is 313 g/mol. The minimum Gasteiger partial charge on any atom is -0.366 e. The van der Waals surface area contributed by atoms with Crippen molar-refractivity contribution in [2.24, 2.45) is 0 Å². The molecule has 1 amide bonds. The van der Waals surface area contributed by atoms with Crippen LogP contribution in [0.3, 0.4) is 0 Å². The van der Waals surface area contributed by atoms with E-state index >= 15 is 0 Å². The number of halogens is 1. The van der Waals surface area contributed by atoms with Crippen molar-refractivity contribution >= 4 is 11.6 Å². The molecule has 0 bridgehead atoms. The molecule has 120 valence electrons. The molecule has 0 unspecified atom stereocenters. The summed E-state index contributed by atoms with van der Waals surface area (Å²) in [5.74, 6) is -0.0636. The van der Waals surface area contributed by atoms with Gasteiger partial charge >= 0.3 is 0 Å². The molecule has 1 aliphatic heterocycles. The maximum absolute atomic E-state index is 13.8. The van der Waals surface area contributed by atoms with Gasteiger partial charge in [0.25, 0.3) is 0 Å². The maximum atomic E-state index is 13.8. The third-order valence-corrected chi connectivity index (χ3v) is 4.15. The van der Waals surface area contributed by atoms with Gasteiger partial charge in [0.2, 0.25) is 5.91 Å². The number of nitrogens with zero attached hydrogens (tertiary/aromatic N) is 3. The largest absolute Gasteiger partial charge is 0.366 e. The van der Waals surface area contributed by atoms with Gasteiger partial charge in [-0.05, 0) is 30.7 Å². The number of aryl methyl sites for hydroxylation is 1. The molecular formula is C18H20FN3O. The lowest BCUT2D eigenvalue weighted by atomic mass is 10.2.